The summed E-state index contributed by atoms with van der Waals surface area (Å²) in [5, 5.41) is 7.95. The number of nitrogens with two attached hydrogens (primary N) is 1. The molecule has 0 saturated heterocycles. The highest BCUT2D eigenvalue weighted by Crippen LogP contribution is 2.40. The number of hydrogen-bond donors (Lipinski definition) is 2. The number of aromatic nitrogens is 2. The number of aryl methyl sites for hydroxylation is 1. The van der Waals surface area contributed by atoms with E-state index in [0.29, 0.717) is 23.4 Å². The Balaban J connectivity index is 1.60. The van der Waals surface area contributed by atoms with Gasteiger partial charge in [0.05, 0.1) is 23.1 Å². The molecule has 2 fully saturated rings. The summed E-state index contributed by atoms with van der Waals surface area (Å²) in [6.07, 6.45) is 7.40. The van der Waals surface area contributed by atoms with Gasteiger partial charge in [-0.05, 0) is 62.5 Å². The maximum Gasteiger partial charge on any atom is 0.255 e. The van der Waals surface area contributed by atoms with Crippen LogP contribution in [-0.2, 0) is 0 Å². The topological polar surface area (TPSA) is 72.9 Å². The molecule has 0 radical (unpaired) electrons. The molecule has 2 aliphatic rings. The van der Waals surface area contributed by atoms with Gasteiger partial charge in [0.2, 0.25) is 0 Å². The smallest absolute Gasteiger partial charge is 0.255 e. The van der Waals surface area contributed by atoms with E-state index in [1.54, 1.807) is 6.20 Å². The molecule has 2 unspecified atom stereocenters. The average molecular weight is 381 g/mol. The number of rotatable bonds is 4. The first kappa shape index (κ1) is 19.2. The Morgan fingerprint density at radius 3 is 2.43 bits per heavy atom. The number of amides is 1. The summed E-state index contributed by atoms with van der Waals surface area (Å²) in [7, 11) is 0. The van der Waals surface area contributed by atoms with Crippen LogP contribution in [0.1, 0.15) is 73.5 Å². The van der Waals surface area contributed by atoms with Gasteiger partial charge in [0.1, 0.15) is 0 Å². The van der Waals surface area contributed by atoms with E-state index in [2.05, 4.69) is 55.5 Å². The van der Waals surface area contributed by atoms with Crippen LogP contribution >= 0.6 is 0 Å². The first-order valence-electron chi connectivity index (χ1n) is 10.7. The molecule has 2 bridgehead atoms. The molecule has 2 saturated carbocycles. The van der Waals surface area contributed by atoms with E-state index in [-0.39, 0.29) is 17.9 Å². The fourth-order valence-electron chi connectivity index (χ4n) is 5.23. The molecule has 2 aliphatic carbocycles. The predicted molar refractivity (Wildman–Crippen MR) is 112 cm³/mol. The van der Waals surface area contributed by atoms with Crippen LogP contribution in [0.2, 0.25) is 0 Å². The third-order valence-corrected chi connectivity index (χ3v) is 6.55. The Morgan fingerprint density at radius 2 is 1.82 bits per heavy atom. The lowest BCUT2D eigenvalue weighted by molar-refractivity contribution is 0.0755. The molecule has 0 spiro atoms. The Bertz CT molecular complexity index is 825. The lowest BCUT2D eigenvalue weighted by Gasteiger charge is -2.45. The Hall–Kier alpha value is -2.14. The van der Waals surface area contributed by atoms with Crippen LogP contribution < -0.4 is 11.1 Å². The number of carbonyl (C=O) groups excluding carboxylic acids is 1. The molecule has 2 atom stereocenters. The van der Waals surface area contributed by atoms with Gasteiger partial charge in [-0.25, -0.2) is 4.68 Å². The van der Waals surface area contributed by atoms with Crippen molar-refractivity contribution in [3.8, 4) is 5.69 Å². The molecule has 5 nitrogen and oxygen atoms in total. The van der Waals surface area contributed by atoms with Gasteiger partial charge in [-0.1, -0.05) is 38.0 Å². The summed E-state index contributed by atoms with van der Waals surface area (Å²) in [6, 6.07) is 8.81. The van der Waals surface area contributed by atoms with Crippen LogP contribution in [0.15, 0.2) is 30.5 Å². The van der Waals surface area contributed by atoms with Crippen LogP contribution in [0, 0.1) is 18.8 Å². The molecule has 4 rings (SSSR count). The summed E-state index contributed by atoms with van der Waals surface area (Å²) < 4.78 is 1.91. The highest BCUT2D eigenvalue weighted by atomic mass is 16.1. The van der Waals surface area contributed by atoms with Crippen molar-refractivity contribution in [3.63, 3.8) is 0 Å². The molecule has 2 aromatic rings. The number of hydrogen-bond acceptors (Lipinski definition) is 3. The largest absolute Gasteiger partial charge is 0.349 e. The Labute approximate surface area is 167 Å². The highest BCUT2D eigenvalue weighted by molar-refractivity contribution is 5.95. The summed E-state index contributed by atoms with van der Waals surface area (Å²) in [5.41, 5.74) is 10.1. The van der Waals surface area contributed by atoms with E-state index in [1.807, 2.05) is 4.68 Å². The number of benzene rings is 1. The minimum absolute atomic E-state index is 0.0134. The summed E-state index contributed by atoms with van der Waals surface area (Å²) in [4.78, 5) is 13.3. The lowest BCUT2D eigenvalue weighted by Crippen LogP contribution is -2.53. The van der Waals surface area contributed by atoms with Crippen LogP contribution in [0.25, 0.3) is 5.69 Å². The summed E-state index contributed by atoms with van der Waals surface area (Å²) in [6.45, 7) is 6.31. The fourth-order valence-corrected chi connectivity index (χ4v) is 5.23. The molecule has 1 aromatic carbocycles. The second-order valence-electron chi connectivity index (χ2n) is 9.03. The monoisotopic (exact) mass is 380 g/mol. The van der Waals surface area contributed by atoms with Crippen LogP contribution in [-0.4, -0.2) is 27.8 Å². The van der Waals surface area contributed by atoms with Gasteiger partial charge in [0.15, 0.2) is 0 Å². The predicted octanol–water partition coefficient (Wildman–Crippen LogP) is 3.94. The molecule has 3 N–H and O–H groups in total. The van der Waals surface area contributed by atoms with Crippen LogP contribution in [0.4, 0.5) is 0 Å². The van der Waals surface area contributed by atoms with Gasteiger partial charge >= 0.3 is 0 Å². The van der Waals surface area contributed by atoms with Crippen molar-refractivity contribution in [2.45, 2.75) is 70.9 Å². The van der Waals surface area contributed by atoms with Crippen LogP contribution in [0.5, 0.6) is 0 Å². The molecular formula is C23H32N4O. The van der Waals surface area contributed by atoms with E-state index >= 15 is 0 Å². The van der Waals surface area contributed by atoms with Gasteiger partial charge in [0.25, 0.3) is 5.91 Å². The number of carbonyl (C=O) groups is 1. The third-order valence-electron chi connectivity index (χ3n) is 6.55. The van der Waals surface area contributed by atoms with Crippen molar-refractivity contribution in [2.24, 2.45) is 17.6 Å². The third kappa shape index (κ3) is 3.60. The lowest BCUT2D eigenvalue weighted by atomic mass is 9.67. The Kier molecular flexibility index (Phi) is 5.28. The van der Waals surface area contributed by atoms with E-state index in [9.17, 15) is 4.79 Å². The molecule has 1 aromatic heterocycles. The number of nitrogens with zero attached hydrogens (tertiary/aromatic N) is 2. The van der Waals surface area contributed by atoms with E-state index in [0.717, 1.165) is 24.2 Å². The number of fused-ring (bicyclic) bond motifs is 2. The molecule has 1 amide bonds. The first-order valence-corrected chi connectivity index (χ1v) is 10.7. The normalized spacial score (nSPS) is 27.0. The van der Waals surface area contributed by atoms with E-state index in [4.69, 9.17) is 5.73 Å². The fraction of sp³-hybridized carbons (Fsp3) is 0.565. The minimum Gasteiger partial charge on any atom is -0.349 e. The second-order valence-corrected chi connectivity index (χ2v) is 9.03. The molecule has 150 valence electrons. The van der Waals surface area contributed by atoms with Crippen molar-refractivity contribution in [2.75, 3.05) is 0 Å². The maximum absolute atomic E-state index is 13.3. The highest BCUT2D eigenvalue weighted by Gasteiger charge is 2.40. The van der Waals surface area contributed by atoms with Crippen molar-refractivity contribution in [1.29, 1.82) is 0 Å². The zero-order valence-corrected chi connectivity index (χ0v) is 17.2. The van der Waals surface area contributed by atoms with E-state index in [1.165, 1.54) is 24.8 Å². The maximum atomic E-state index is 13.3. The molecule has 1 heterocycles. The molecule has 0 aliphatic heterocycles. The zero-order chi connectivity index (χ0) is 19.8. The van der Waals surface area contributed by atoms with Gasteiger partial charge in [0, 0.05) is 12.1 Å². The van der Waals surface area contributed by atoms with E-state index < -0.39 is 0 Å². The quantitative estimate of drug-likeness (QED) is 0.844. The van der Waals surface area contributed by atoms with Crippen molar-refractivity contribution in [1.82, 2.24) is 15.1 Å². The Morgan fingerprint density at radius 1 is 1.18 bits per heavy atom. The summed E-state index contributed by atoms with van der Waals surface area (Å²) in [5.74, 6) is 1.24. The van der Waals surface area contributed by atoms with Gasteiger partial charge in [-0.2, -0.15) is 5.10 Å². The van der Waals surface area contributed by atoms with Crippen molar-refractivity contribution < 1.29 is 4.79 Å². The average Bonchev–Trinajstić information content (AvgIpc) is 3.08. The standard InChI is InChI=1S/C23H32N4O/c1-14(2)22-20(13-25-27(22)19-9-7-15(3)8-10-19)23(28)26-21-16-5-4-6-17(21)12-18(24)11-16/h7-10,13-14,16-18,21H,4-6,11-12,24H2,1-3H3,(H,26,28). The first-order chi connectivity index (χ1) is 13.4. The minimum atomic E-state index is 0.0134. The van der Waals surface area contributed by atoms with Gasteiger partial charge < -0.3 is 11.1 Å². The molecule has 28 heavy (non-hydrogen) atoms. The molecule has 5 heteroatoms. The van der Waals surface area contributed by atoms with Gasteiger partial charge in [-0.3, -0.25) is 4.79 Å². The van der Waals surface area contributed by atoms with Crippen LogP contribution in [0.3, 0.4) is 0 Å². The summed E-state index contributed by atoms with van der Waals surface area (Å²) >= 11 is 0. The van der Waals surface area contributed by atoms with Crippen molar-refractivity contribution >= 4 is 5.91 Å². The molecular weight excluding hydrogens is 348 g/mol. The van der Waals surface area contributed by atoms with Gasteiger partial charge in [-0.15, -0.1) is 0 Å². The SMILES string of the molecule is Cc1ccc(-n2ncc(C(=O)NC3C4CCCC3CC(N)C4)c2C(C)C)cc1. The zero-order valence-electron chi connectivity index (χ0n) is 17.2. The number of nitrogens with one attached hydrogen (secondary N) is 1. The second kappa shape index (κ2) is 7.70. The van der Waals surface area contributed by atoms with Crippen molar-refractivity contribution in [3.05, 3.63) is 47.3 Å².